The van der Waals surface area contributed by atoms with Crippen LogP contribution in [0.3, 0.4) is 0 Å². The molecule has 1 N–H and O–H groups in total. The van der Waals surface area contributed by atoms with Crippen LogP contribution in [-0.4, -0.2) is 18.1 Å². The van der Waals surface area contributed by atoms with Crippen LogP contribution in [0.1, 0.15) is 11.3 Å². The molecule has 0 aliphatic rings. The first kappa shape index (κ1) is 14.0. The second kappa shape index (κ2) is 6.16. The van der Waals surface area contributed by atoms with E-state index >= 15 is 0 Å². The maximum absolute atomic E-state index is 11.1. The summed E-state index contributed by atoms with van der Waals surface area (Å²) in [6, 6.07) is 5.99. The summed E-state index contributed by atoms with van der Waals surface area (Å²) in [5.41, 5.74) is 2.84. The third-order valence-electron chi connectivity index (χ3n) is 2.51. The van der Waals surface area contributed by atoms with Crippen LogP contribution in [0, 0.1) is 6.92 Å². The molecular weight excluding hydrogens is 328 g/mol. The lowest BCUT2D eigenvalue weighted by Gasteiger charge is -2.04. The number of hydrogen-bond acceptors (Lipinski definition) is 5. The summed E-state index contributed by atoms with van der Waals surface area (Å²) >= 11 is 4.93. The molecule has 2 aromatic rings. The largest absolute Gasteiger partial charge is 0.469 e. The molecule has 100 valence electrons. The van der Waals surface area contributed by atoms with Crippen molar-refractivity contribution in [2.24, 2.45) is 0 Å². The Hall–Kier alpha value is -1.40. The zero-order valence-corrected chi connectivity index (χ0v) is 13.0. The zero-order chi connectivity index (χ0) is 13.8. The van der Waals surface area contributed by atoms with E-state index in [2.05, 4.69) is 31.0 Å². The Morgan fingerprint density at radius 2 is 2.32 bits per heavy atom. The summed E-state index contributed by atoms with van der Waals surface area (Å²) in [7, 11) is 1.37. The molecule has 0 saturated carbocycles. The van der Waals surface area contributed by atoms with Crippen LogP contribution in [0.25, 0.3) is 0 Å². The maximum Gasteiger partial charge on any atom is 0.311 e. The van der Waals surface area contributed by atoms with E-state index in [0.29, 0.717) is 5.69 Å². The molecule has 0 radical (unpaired) electrons. The molecule has 0 unspecified atom stereocenters. The topological polar surface area (TPSA) is 51.2 Å². The van der Waals surface area contributed by atoms with E-state index in [9.17, 15) is 4.79 Å². The van der Waals surface area contributed by atoms with Crippen LogP contribution in [0.5, 0.6) is 0 Å². The van der Waals surface area contributed by atoms with E-state index in [1.54, 1.807) is 0 Å². The number of ether oxygens (including phenoxy) is 1. The first-order valence-electron chi connectivity index (χ1n) is 5.63. The monoisotopic (exact) mass is 340 g/mol. The van der Waals surface area contributed by atoms with Gasteiger partial charge in [-0.3, -0.25) is 4.79 Å². The number of benzene rings is 1. The van der Waals surface area contributed by atoms with Crippen LogP contribution < -0.4 is 5.32 Å². The molecule has 0 saturated heterocycles. The van der Waals surface area contributed by atoms with Gasteiger partial charge in [0.25, 0.3) is 0 Å². The lowest BCUT2D eigenvalue weighted by molar-refractivity contribution is -0.139. The number of esters is 1. The number of aromatic nitrogens is 1. The van der Waals surface area contributed by atoms with E-state index < -0.39 is 0 Å². The number of thiazole rings is 1. The summed E-state index contributed by atoms with van der Waals surface area (Å²) < 4.78 is 5.68. The first-order chi connectivity index (χ1) is 9.08. The van der Waals surface area contributed by atoms with Crippen molar-refractivity contribution in [1.82, 2.24) is 4.98 Å². The summed E-state index contributed by atoms with van der Waals surface area (Å²) in [6.07, 6.45) is 0.202. The molecule has 6 heteroatoms. The Morgan fingerprint density at radius 3 is 3.00 bits per heavy atom. The van der Waals surface area contributed by atoms with Gasteiger partial charge in [-0.1, -0.05) is 15.9 Å². The van der Waals surface area contributed by atoms with Gasteiger partial charge in [-0.25, -0.2) is 4.98 Å². The molecule has 0 amide bonds. The molecule has 1 aromatic carbocycles. The fraction of sp³-hybridized carbons (Fsp3) is 0.231. The SMILES string of the molecule is COC(=O)Cc1csc(Nc2ccc(Br)c(C)c2)n1. The molecule has 0 spiro atoms. The summed E-state index contributed by atoms with van der Waals surface area (Å²) in [5, 5.41) is 5.83. The molecule has 1 heterocycles. The van der Waals surface area contributed by atoms with E-state index in [1.165, 1.54) is 18.4 Å². The number of anilines is 2. The highest BCUT2D eigenvalue weighted by Gasteiger charge is 2.08. The molecule has 0 atom stereocenters. The number of hydrogen-bond donors (Lipinski definition) is 1. The molecule has 1 aromatic heterocycles. The Bertz CT molecular complexity index is 598. The molecule has 19 heavy (non-hydrogen) atoms. The summed E-state index contributed by atoms with van der Waals surface area (Å²) in [4.78, 5) is 15.5. The lowest BCUT2D eigenvalue weighted by Crippen LogP contribution is -2.04. The Labute approximate surface area is 124 Å². The number of nitrogens with zero attached hydrogens (tertiary/aromatic N) is 1. The van der Waals surface area contributed by atoms with E-state index in [-0.39, 0.29) is 12.4 Å². The molecule has 0 bridgehead atoms. The minimum absolute atomic E-state index is 0.202. The smallest absolute Gasteiger partial charge is 0.311 e. The van der Waals surface area contributed by atoms with Crippen molar-refractivity contribution in [2.75, 3.05) is 12.4 Å². The number of carbonyl (C=O) groups excluding carboxylic acids is 1. The molecular formula is C13H13BrN2O2S. The van der Waals surface area contributed by atoms with E-state index in [1.807, 2.05) is 30.5 Å². The van der Waals surface area contributed by atoms with Crippen LogP contribution >= 0.6 is 27.3 Å². The minimum Gasteiger partial charge on any atom is -0.469 e. The summed E-state index contributed by atoms with van der Waals surface area (Å²) in [5.74, 6) is -0.281. The van der Waals surface area contributed by atoms with Gasteiger partial charge in [0.2, 0.25) is 0 Å². The van der Waals surface area contributed by atoms with Gasteiger partial charge in [-0.15, -0.1) is 11.3 Å². The zero-order valence-electron chi connectivity index (χ0n) is 10.6. The van der Waals surface area contributed by atoms with E-state index in [0.717, 1.165) is 20.9 Å². The standard InChI is InChI=1S/C13H13BrN2O2S/c1-8-5-9(3-4-11(8)14)15-13-16-10(7-19-13)6-12(17)18-2/h3-5,7H,6H2,1-2H3,(H,15,16). The number of rotatable bonds is 4. The number of carbonyl (C=O) groups is 1. The molecule has 0 fully saturated rings. The van der Waals surface area contributed by atoms with Crippen molar-refractivity contribution >= 4 is 44.1 Å². The number of methoxy groups -OCH3 is 1. The van der Waals surface area contributed by atoms with Crippen LogP contribution in [0.4, 0.5) is 10.8 Å². The van der Waals surface area contributed by atoms with Gasteiger partial charge in [0, 0.05) is 15.5 Å². The van der Waals surface area contributed by atoms with E-state index in [4.69, 9.17) is 0 Å². The van der Waals surface area contributed by atoms with Crippen molar-refractivity contribution in [3.05, 3.63) is 39.3 Å². The molecule has 4 nitrogen and oxygen atoms in total. The minimum atomic E-state index is -0.281. The fourth-order valence-electron chi connectivity index (χ4n) is 1.51. The first-order valence-corrected chi connectivity index (χ1v) is 7.30. The number of aryl methyl sites for hydroxylation is 1. The van der Waals surface area contributed by atoms with Crippen LogP contribution in [-0.2, 0) is 16.0 Å². The fourth-order valence-corrected chi connectivity index (χ4v) is 2.49. The highest BCUT2D eigenvalue weighted by Crippen LogP contribution is 2.25. The Morgan fingerprint density at radius 1 is 1.53 bits per heavy atom. The van der Waals surface area contributed by atoms with Crippen molar-refractivity contribution in [1.29, 1.82) is 0 Å². The highest BCUT2D eigenvalue weighted by atomic mass is 79.9. The van der Waals surface area contributed by atoms with Gasteiger partial charge < -0.3 is 10.1 Å². The lowest BCUT2D eigenvalue weighted by atomic mass is 10.2. The van der Waals surface area contributed by atoms with Gasteiger partial charge in [0.05, 0.1) is 19.2 Å². The van der Waals surface area contributed by atoms with Gasteiger partial charge in [-0.05, 0) is 30.7 Å². The second-order valence-electron chi connectivity index (χ2n) is 3.99. The van der Waals surface area contributed by atoms with Crippen molar-refractivity contribution < 1.29 is 9.53 Å². The van der Waals surface area contributed by atoms with Crippen molar-refractivity contribution in [2.45, 2.75) is 13.3 Å². The molecule has 2 rings (SSSR count). The van der Waals surface area contributed by atoms with Gasteiger partial charge in [0.15, 0.2) is 5.13 Å². The normalized spacial score (nSPS) is 10.3. The van der Waals surface area contributed by atoms with Crippen LogP contribution in [0.2, 0.25) is 0 Å². The van der Waals surface area contributed by atoms with Gasteiger partial charge in [-0.2, -0.15) is 0 Å². The maximum atomic E-state index is 11.1. The van der Waals surface area contributed by atoms with Crippen LogP contribution in [0.15, 0.2) is 28.1 Å². The average Bonchev–Trinajstić information content (AvgIpc) is 2.81. The number of halogens is 1. The Balaban J connectivity index is 2.07. The average molecular weight is 341 g/mol. The van der Waals surface area contributed by atoms with Crippen molar-refractivity contribution in [3.63, 3.8) is 0 Å². The molecule has 0 aliphatic carbocycles. The predicted octanol–water partition coefficient (Wildman–Crippen LogP) is 3.67. The van der Waals surface area contributed by atoms with Gasteiger partial charge in [0.1, 0.15) is 0 Å². The second-order valence-corrected chi connectivity index (χ2v) is 5.70. The number of nitrogens with one attached hydrogen (secondary N) is 1. The Kier molecular flexibility index (Phi) is 4.55. The van der Waals surface area contributed by atoms with Crippen molar-refractivity contribution in [3.8, 4) is 0 Å². The highest BCUT2D eigenvalue weighted by molar-refractivity contribution is 9.10. The summed E-state index contributed by atoms with van der Waals surface area (Å²) in [6.45, 7) is 2.03. The predicted molar refractivity (Wildman–Crippen MR) is 80.0 cm³/mol. The quantitative estimate of drug-likeness (QED) is 0.862. The third-order valence-corrected chi connectivity index (χ3v) is 4.21. The molecule has 0 aliphatic heterocycles. The van der Waals surface area contributed by atoms with Gasteiger partial charge >= 0.3 is 5.97 Å². The third kappa shape index (κ3) is 3.78.